The summed E-state index contributed by atoms with van der Waals surface area (Å²) in [5, 5.41) is 0. The number of nitrogens with zero attached hydrogens (tertiary/aromatic N) is 1. The second-order valence-electron chi connectivity index (χ2n) is 16.4. The predicted molar refractivity (Wildman–Crippen MR) is 192 cm³/mol. The smallest absolute Gasteiger partial charge is 0.351 e. The minimum atomic E-state index is -2.29. The highest BCUT2D eigenvalue weighted by molar-refractivity contribution is 5.96. The number of pyridine rings is 1. The number of furan rings is 1. The Hall–Kier alpha value is -5.38. The molecule has 306 valence electrons. The molecule has 6 rings (SSSR count). The first-order valence-electron chi connectivity index (χ1n) is 18.6. The molecular formula is C41H47NO15. The number of Topliss-reactive ketones (excluding diaryl/α,β-unsaturated/α-hetero) is 1. The lowest BCUT2D eigenvalue weighted by Crippen LogP contribution is -2.75. The Balaban J connectivity index is 1.71. The van der Waals surface area contributed by atoms with E-state index in [-0.39, 0.29) is 16.7 Å². The van der Waals surface area contributed by atoms with Gasteiger partial charge in [0.15, 0.2) is 17.5 Å². The summed E-state index contributed by atoms with van der Waals surface area (Å²) >= 11 is 0. The minimum absolute atomic E-state index is 0.00508. The standard InChI is InChI=1S/C41H47NO15/c1-19(2)35(47)56-32-28(54-36(48)23-12-11-14-42-17-23)33-39(8,25(38(32,6)7)16-26(45)50-10)29(46)27-20(3)41(57-33)34(53-22(5)44)37(49)55-30(24-13-15-51-18-24)40(41,9)31(27)52-21(4)43/h11-15,17-19,25,27-28,30-34H,3,16H2,1-2,4-10H3/t25-,27-,28-,30-,31-,32+,33-,34+,39-,40+,41+/m0/s1. The Morgan fingerprint density at radius 2 is 1.63 bits per heavy atom. The average molecular weight is 794 g/mol. The van der Waals surface area contributed by atoms with E-state index >= 15 is 4.79 Å². The number of methoxy groups -OCH3 is 1. The quantitative estimate of drug-likeness (QED) is 0.199. The molecule has 1 spiro atoms. The van der Waals surface area contributed by atoms with E-state index in [2.05, 4.69) is 11.6 Å². The lowest BCUT2D eigenvalue weighted by atomic mass is 9.49. The highest BCUT2D eigenvalue weighted by Gasteiger charge is 2.84. The van der Waals surface area contributed by atoms with E-state index in [0.717, 1.165) is 13.8 Å². The van der Waals surface area contributed by atoms with Crippen LogP contribution in [0.3, 0.4) is 0 Å². The lowest BCUT2D eigenvalue weighted by Gasteiger charge is -2.62. The summed E-state index contributed by atoms with van der Waals surface area (Å²) in [6.07, 6.45) is -4.71. The van der Waals surface area contributed by atoms with Crippen LogP contribution in [0.5, 0.6) is 0 Å². The summed E-state index contributed by atoms with van der Waals surface area (Å²) in [6.45, 7) is 16.1. The number of rotatable bonds is 9. The monoisotopic (exact) mass is 793 g/mol. The van der Waals surface area contributed by atoms with E-state index in [1.807, 2.05) is 0 Å². The van der Waals surface area contributed by atoms with Gasteiger partial charge in [0, 0.05) is 37.2 Å². The van der Waals surface area contributed by atoms with Crippen molar-refractivity contribution >= 4 is 41.6 Å². The molecule has 2 saturated carbocycles. The molecule has 4 aliphatic rings. The van der Waals surface area contributed by atoms with E-state index in [4.69, 9.17) is 37.6 Å². The fourth-order valence-corrected chi connectivity index (χ4v) is 9.78. The van der Waals surface area contributed by atoms with Crippen molar-refractivity contribution in [2.75, 3.05) is 7.11 Å². The lowest BCUT2D eigenvalue weighted by molar-refractivity contribution is -0.315. The molecule has 0 amide bonds. The highest BCUT2D eigenvalue weighted by atomic mass is 16.7. The van der Waals surface area contributed by atoms with Gasteiger partial charge in [-0.3, -0.25) is 29.0 Å². The Kier molecular flexibility index (Phi) is 10.5. The molecule has 2 aromatic heterocycles. The third kappa shape index (κ3) is 6.14. The molecule has 2 bridgehead atoms. The second kappa shape index (κ2) is 14.5. The molecule has 0 radical (unpaired) electrons. The van der Waals surface area contributed by atoms with Crippen molar-refractivity contribution in [1.29, 1.82) is 0 Å². The molecule has 0 unspecified atom stereocenters. The van der Waals surface area contributed by atoms with E-state index < -0.39 is 124 Å². The van der Waals surface area contributed by atoms with Crippen LogP contribution in [0.15, 0.2) is 59.7 Å². The Morgan fingerprint density at radius 3 is 2.19 bits per heavy atom. The normalized spacial score (nSPS) is 35.2. The largest absolute Gasteiger partial charge is 0.472 e. The zero-order valence-corrected chi connectivity index (χ0v) is 33.2. The number of hydrogen-bond acceptors (Lipinski definition) is 16. The molecular weight excluding hydrogens is 746 g/mol. The van der Waals surface area contributed by atoms with Crippen molar-refractivity contribution in [3.63, 3.8) is 0 Å². The average Bonchev–Trinajstić information content (AvgIpc) is 3.73. The first kappa shape index (κ1) is 41.3. The number of cyclic esters (lactones) is 1. The van der Waals surface area contributed by atoms with Gasteiger partial charge in [-0.1, -0.05) is 34.3 Å². The van der Waals surface area contributed by atoms with E-state index in [9.17, 15) is 28.8 Å². The number of ketones is 1. The molecule has 4 fully saturated rings. The molecule has 16 nitrogen and oxygen atoms in total. The first-order valence-corrected chi connectivity index (χ1v) is 18.6. The molecule has 16 heteroatoms. The molecule has 11 atom stereocenters. The number of ether oxygens (including phenoxy) is 7. The summed E-state index contributed by atoms with van der Waals surface area (Å²) < 4.78 is 48.2. The molecule has 2 aromatic rings. The van der Waals surface area contributed by atoms with Crippen LogP contribution < -0.4 is 0 Å². The topological polar surface area (TPSA) is 210 Å². The molecule has 57 heavy (non-hydrogen) atoms. The molecule has 0 aromatic carbocycles. The van der Waals surface area contributed by atoms with Crippen LogP contribution in [0.4, 0.5) is 0 Å². The maximum atomic E-state index is 16.0. The number of carbonyl (C=O) groups is 7. The number of fused-ring (bicyclic) bond motifs is 2. The van der Waals surface area contributed by atoms with Crippen molar-refractivity contribution in [1.82, 2.24) is 4.98 Å². The van der Waals surface area contributed by atoms with Gasteiger partial charge in [-0.15, -0.1) is 0 Å². The van der Waals surface area contributed by atoms with Gasteiger partial charge >= 0.3 is 35.8 Å². The van der Waals surface area contributed by atoms with E-state index in [1.165, 1.54) is 57.2 Å². The van der Waals surface area contributed by atoms with Gasteiger partial charge in [-0.2, -0.15) is 0 Å². The number of aromatic nitrogens is 1. The fourth-order valence-electron chi connectivity index (χ4n) is 9.78. The summed E-state index contributed by atoms with van der Waals surface area (Å²) in [5.74, 6) is -9.17. The molecule has 2 aliphatic heterocycles. The van der Waals surface area contributed by atoms with Crippen LogP contribution in [-0.4, -0.2) is 89.8 Å². The second-order valence-corrected chi connectivity index (χ2v) is 16.4. The molecule has 2 aliphatic carbocycles. The summed E-state index contributed by atoms with van der Waals surface area (Å²) in [6, 6.07) is 4.47. The zero-order chi connectivity index (χ0) is 42.0. The number of hydrogen-bond donors (Lipinski definition) is 0. The highest BCUT2D eigenvalue weighted by Crippen LogP contribution is 2.71. The van der Waals surface area contributed by atoms with Gasteiger partial charge in [-0.25, -0.2) is 9.59 Å². The number of carbonyl (C=O) groups excluding carboxylic acids is 7. The summed E-state index contributed by atoms with van der Waals surface area (Å²) in [4.78, 5) is 101. The SMILES string of the molecule is C=C1[C@H]2C(=O)[C@@]3(C)[C@@H](O[C@@]14[C@H](OC(C)=O)C(=O)O[C@@H](c1ccoc1)[C@]4(C)[C@H]2OC(C)=O)[C@@H](OC(=O)c1cccnc1)[C@@H](OC(=O)C(C)C)C(C)(C)[C@@H]3CC(=O)OC. The third-order valence-corrected chi connectivity index (χ3v) is 12.5. The van der Waals surface area contributed by atoms with Crippen LogP contribution in [0.1, 0.15) is 83.8 Å². The van der Waals surface area contributed by atoms with Crippen molar-refractivity contribution in [3.8, 4) is 0 Å². The number of esters is 6. The third-order valence-electron chi connectivity index (χ3n) is 12.5. The summed E-state index contributed by atoms with van der Waals surface area (Å²) in [5.41, 5.74) is -7.24. The van der Waals surface area contributed by atoms with Crippen molar-refractivity contribution in [3.05, 3.63) is 66.4 Å². The fraction of sp³-hybridized carbons (Fsp3) is 0.561. The zero-order valence-electron chi connectivity index (χ0n) is 33.2. The van der Waals surface area contributed by atoms with Crippen LogP contribution in [0, 0.1) is 34.0 Å². The van der Waals surface area contributed by atoms with E-state index in [0.29, 0.717) is 0 Å². The van der Waals surface area contributed by atoms with Crippen LogP contribution in [-0.2, 0) is 61.9 Å². The predicted octanol–water partition coefficient (Wildman–Crippen LogP) is 4.05. The Morgan fingerprint density at radius 1 is 0.947 bits per heavy atom. The van der Waals surface area contributed by atoms with Gasteiger partial charge in [-0.05, 0) is 43.5 Å². The van der Waals surface area contributed by atoms with Gasteiger partial charge in [0.05, 0.1) is 54.3 Å². The van der Waals surface area contributed by atoms with E-state index in [1.54, 1.807) is 34.6 Å². The molecule has 2 saturated heterocycles. The maximum absolute atomic E-state index is 16.0. The Bertz CT molecular complexity index is 1990. The minimum Gasteiger partial charge on any atom is -0.472 e. The van der Waals surface area contributed by atoms with Crippen LogP contribution >= 0.6 is 0 Å². The molecule has 0 N–H and O–H groups in total. The van der Waals surface area contributed by atoms with Crippen LogP contribution in [0.25, 0.3) is 0 Å². The van der Waals surface area contributed by atoms with Gasteiger partial charge < -0.3 is 37.6 Å². The van der Waals surface area contributed by atoms with Crippen molar-refractivity contribution < 1.29 is 71.1 Å². The van der Waals surface area contributed by atoms with Crippen molar-refractivity contribution in [2.24, 2.45) is 34.0 Å². The van der Waals surface area contributed by atoms with Crippen molar-refractivity contribution in [2.45, 2.75) is 104 Å². The summed E-state index contributed by atoms with van der Waals surface area (Å²) in [7, 11) is 1.18. The maximum Gasteiger partial charge on any atom is 0.351 e. The van der Waals surface area contributed by atoms with Crippen LogP contribution in [0.2, 0.25) is 0 Å². The van der Waals surface area contributed by atoms with Gasteiger partial charge in [0.25, 0.3) is 0 Å². The van der Waals surface area contributed by atoms with Gasteiger partial charge in [0.1, 0.15) is 24.4 Å². The van der Waals surface area contributed by atoms with Gasteiger partial charge in [0.2, 0.25) is 6.10 Å². The first-order chi connectivity index (χ1) is 26.7. The molecule has 4 heterocycles. The Labute approximate surface area is 328 Å².